The van der Waals surface area contributed by atoms with E-state index in [2.05, 4.69) is 0 Å². The first-order valence-corrected chi connectivity index (χ1v) is 4.38. The molecule has 0 radical (unpaired) electrons. The second-order valence-corrected chi connectivity index (χ2v) is 2.82. The Hall–Kier alpha value is -1.06. The molecule has 0 aromatic carbocycles. The van der Waals surface area contributed by atoms with Crippen LogP contribution in [-0.2, 0) is 9.47 Å². The van der Waals surface area contributed by atoms with Crippen LogP contribution >= 0.6 is 0 Å². The second-order valence-electron chi connectivity index (χ2n) is 2.82. The van der Waals surface area contributed by atoms with Crippen LogP contribution in [0.2, 0.25) is 0 Å². The predicted octanol–water partition coefficient (Wildman–Crippen LogP) is 2.06. The minimum absolute atomic E-state index is 0.0637. The molecule has 2 rings (SSSR count). The van der Waals surface area contributed by atoms with E-state index in [-0.39, 0.29) is 6.29 Å². The minimum Gasteiger partial charge on any atom is -0.465 e. The third kappa shape index (κ3) is 2.44. The van der Waals surface area contributed by atoms with Crippen LogP contribution in [0.3, 0.4) is 0 Å². The fraction of sp³-hybridized carbons (Fsp3) is 0.400. The number of hydrogen-bond donors (Lipinski definition) is 0. The van der Waals surface area contributed by atoms with E-state index in [1.807, 2.05) is 24.3 Å². The molecule has 0 N–H and O–H groups in total. The molecule has 3 nitrogen and oxygen atoms in total. The molecule has 0 aliphatic carbocycles. The lowest BCUT2D eigenvalue weighted by molar-refractivity contribution is -0.0379. The van der Waals surface area contributed by atoms with E-state index in [1.165, 1.54) is 0 Å². The number of rotatable bonds is 3. The van der Waals surface area contributed by atoms with Crippen LogP contribution < -0.4 is 0 Å². The van der Waals surface area contributed by atoms with E-state index in [0.717, 1.165) is 12.2 Å². The van der Waals surface area contributed by atoms with E-state index in [4.69, 9.17) is 13.9 Å². The molecule has 70 valence electrons. The van der Waals surface area contributed by atoms with Crippen molar-refractivity contribution in [2.24, 2.45) is 0 Å². The highest BCUT2D eigenvalue weighted by Crippen LogP contribution is 2.10. The average Bonchev–Trinajstić information content (AvgIpc) is 2.75. The third-order valence-electron chi connectivity index (χ3n) is 1.84. The molecule has 0 unspecified atom stereocenters. The Kier molecular flexibility index (Phi) is 2.79. The van der Waals surface area contributed by atoms with Crippen molar-refractivity contribution in [3.05, 3.63) is 30.2 Å². The van der Waals surface area contributed by atoms with E-state index in [9.17, 15) is 0 Å². The largest absolute Gasteiger partial charge is 0.465 e. The summed E-state index contributed by atoms with van der Waals surface area (Å²) in [6.07, 6.45) is 6.29. The number of furan rings is 1. The molecule has 0 saturated carbocycles. The molecule has 2 heterocycles. The predicted molar refractivity (Wildman–Crippen MR) is 48.1 cm³/mol. The van der Waals surface area contributed by atoms with Gasteiger partial charge >= 0.3 is 0 Å². The molecular weight excluding hydrogens is 168 g/mol. The fourth-order valence-corrected chi connectivity index (χ4v) is 1.22. The number of hydrogen-bond acceptors (Lipinski definition) is 3. The van der Waals surface area contributed by atoms with Crippen molar-refractivity contribution in [1.82, 2.24) is 0 Å². The normalized spacial score (nSPS) is 18.8. The summed E-state index contributed by atoms with van der Waals surface area (Å²) in [6.45, 7) is 1.42. The molecular formula is C10H12O3. The summed E-state index contributed by atoms with van der Waals surface area (Å²) in [6, 6.07) is 3.77. The van der Waals surface area contributed by atoms with Crippen molar-refractivity contribution >= 4 is 6.08 Å². The summed E-state index contributed by atoms with van der Waals surface area (Å²) >= 11 is 0. The Bertz CT molecular complexity index is 258. The maximum atomic E-state index is 5.27. The first-order valence-electron chi connectivity index (χ1n) is 4.38. The lowest BCUT2D eigenvalue weighted by Gasteiger charge is -2.03. The van der Waals surface area contributed by atoms with Gasteiger partial charge in [0.15, 0.2) is 6.29 Å². The van der Waals surface area contributed by atoms with Crippen molar-refractivity contribution in [2.75, 3.05) is 13.2 Å². The summed E-state index contributed by atoms with van der Waals surface area (Å²) in [5.74, 6) is 0.859. The van der Waals surface area contributed by atoms with Gasteiger partial charge < -0.3 is 13.9 Å². The summed E-state index contributed by atoms with van der Waals surface area (Å²) in [7, 11) is 0. The maximum absolute atomic E-state index is 5.27. The van der Waals surface area contributed by atoms with Crippen LogP contribution in [0, 0.1) is 0 Å². The first-order chi connectivity index (χ1) is 6.45. The lowest BCUT2D eigenvalue weighted by Crippen LogP contribution is -2.04. The van der Waals surface area contributed by atoms with Gasteiger partial charge in [0.1, 0.15) is 5.76 Å². The highest BCUT2D eigenvalue weighted by molar-refractivity contribution is 5.41. The zero-order valence-corrected chi connectivity index (χ0v) is 7.31. The smallest absolute Gasteiger partial charge is 0.161 e. The zero-order chi connectivity index (χ0) is 8.93. The third-order valence-corrected chi connectivity index (χ3v) is 1.84. The van der Waals surface area contributed by atoms with Crippen LogP contribution in [0.25, 0.3) is 6.08 Å². The molecule has 0 spiro atoms. The van der Waals surface area contributed by atoms with Gasteiger partial charge in [-0.2, -0.15) is 0 Å². The van der Waals surface area contributed by atoms with Gasteiger partial charge in [-0.25, -0.2) is 0 Å². The Morgan fingerprint density at radius 1 is 1.38 bits per heavy atom. The Labute approximate surface area is 76.9 Å². The molecule has 0 bridgehead atoms. The van der Waals surface area contributed by atoms with E-state index < -0.39 is 0 Å². The van der Waals surface area contributed by atoms with Gasteiger partial charge in [0, 0.05) is 6.42 Å². The Morgan fingerprint density at radius 2 is 2.23 bits per heavy atom. The average molecular weight is 180 g/mol. The van der Waals surface area contributed by atoms with E-state index in [1.54, 1.807) is 6.26 Å². The van der Waals surface area contributed by atoms with Crippen LogP contribution in [0.1, 0.15) is 12.2 Å². The van der Waals surface area contributed by atoms with Crippen LogP contribution in [0.4, 0.5) is 0 Å². The van der Waals surface area contributed by atoms with Crippen molar-refractivity contribution in [3.8, 4) is 0 Å². The van der Waals surface area contributed by atoms with Gasteiger partial charge in [-0.05, 0) is 18.2 Å². The van der Waals surface area contributed by atoms with Gasteiger partial charge in [-0.1, -0.05) is 6.08 Å². The molecule has 3 heteroatoms. The molecule has 1 saturated heterocycles. The quantitative estimate of drug-likeness (QED) is 0.713. The molecule has 1 aliphatic rings. The van der Waals surface area contributed by atoms with E-state index in [0.29, 0.717) is 13.2 Å². The Balaban J connectivity index is 1.78. The van der Waals surface area contributed by atoms with Crippen LogP contribution in [0.15, 0.2) is 28.9 Å². The summed E-state index contributed by atoms with van der Waals surface area (Å²) in [5.41, 5.74) is 0. The highest BCUT2D eigenvalue weighted by atomic mass is 16.7. The fourth-order valence-electron chi connectivity index (χ4n) is 1.22. The Morgan fingerprint density at radius 3 is 2.92 bits per heavy atom. The summed E-state index contributed by atoms with van der Waals surface area (Å²) < 4.78 is 15.7. The zero-order valence-electron chi connectivity index (χ0n) is 7.31. The van der Waals surface area contributed by atoms with Gasteiger partial charge in [0.05, 0.1) is 19.5 Å². The molecule has 0 amide bonds. The van der Waals surface area contributed by atoms with Gasteiger partial charge in [-0.3, -0.25) is 0 Å². The van der Waals surface area contributed by atoms with Gasteiger partial charge in [-0.15, -0.1) is 0 Å². The highest BCUT2D eigenvalue weighted by Gasteiger charge is 2.13. The number of ether oxygens (including phenoxy) is 2. The van der Waals surface area contributed by atoms with Crippen LogP contribution in [-0.4, -0.2) is 19.5 Å². The minimum atomic E-state index is -0.0637. The van der Waals surface area contributed by atoms with Crippen molar-refractivity contribution in [1.29, 1.82) is 0 Å². The standard InChI is InChI=1S/C10H12O3/c1(3-9-4-2-6-11-9)5-10-12-7-8-13-10/h1-4,6,10H,5,7-8H2/b3-1+. The molecule has 1 aliphatic heterocycles. The topological polar surface area (TPSA) is 31.6 Å². The van der Waals surface area contributed by atoms with E-state index >= 15 is 0 Å². The summed E-state index contributed by atoms with van der Waals surface area (Å²) in [5, 5.41) is 0. The van der Waals surface area contributed by atoms with Crippen molar-refractivity contribution < 1.29 is 13.9 Å². The molecule has 1 fully saturated rings. The van der Waals surface area contributed by atoms with Crippen LogP contribution in [0.5, 0.6) is 0 Å². The maximum Gasteiger partial charge on any atom is 0.161 e. The van der Waals surface area contributed by atoms with Gasteiger partial charge in [0.2, 0.25) is 0 Å². The molecule has 13 heavy (non-hydrogen) atoms. The first kappa shape index (κ1) is 8.53. The van der Waals surface area contributed by atoms with Crippen molar-refractivity contribution in [2.45, 2.75) is 12.7 Å². The summed E-state index contributed by atoms with van der Waals surface area (Å²) in [4.78, 5) is 0. The second kappa shape index (κ2) is 4.25. The molecule has 1 aromatic heterocycles. The van der Waals surface area contributed by atoms with Gasteiger partial charge in [0.25, 0.3) is 0 Å². The SMILES string of the molecule is C(=C\c1ccco1)/CC1OCCO1. The van der Waals surface area contributed by atoms with Crippen molar-refractivity contribution in [3.63, 3.8) is 0 Å². The monoisotopic (exact) mass is 180 g/mol. The molecule has 0 atom stereocenters. The lowest BCUT2D eigenvalue weighted by atomic mass is 10.3. The molecule has 1 aromatic rings.